The Morgan fingerprint density at radius 3 is 2.53 bits per heavy atom. The largest absolute Gasteiger partial charge is 0.483 e. The Morgan fingerprint density at radius 1 is 1.13 bits per heavy atom. The third-order valence-electron chi connectivity index (χ3n) is 5.00. The lowest BCUT2D eigenvalue weighted by molar-refractivity contribution is -0.113. The smallest absolute Gasteiger partial charge is 0.234 e. The molecule has 1 unspecified atom stereocenters. The van der Waals surface area contributed by atoms with E-state index in [0.29, 0.717) is 11.0 Å². The molecule has 0 bridgehead atoms. The number of carbonyl (C=O) groups is 1. The molecule has 1 amide bonds. The fraction of sp³-hybridized carbons (Fsp3) is 0.348. The molecule has 1 atom stereocenters. The van der Waals surface area contributed by atoms with Gasteiger partial charge in [-0.3, -0.25) is 4.79 Å². The van der Waals surface area contributed by atoms with Crippen molar-refractivity contribution in [2.75, 3.05) is 11.1 Å². The van der Waals surface area contributed by atoms with Crippen LogP contribution < -0.4 is 10.1 Å². The van der Waals surface area contributed by atoms with Crippen molar-refractivity contribution < 1.29 is 9.53 Å². The Hall–Kier alpha value is -2.80. The Bertz CT molecular complexity index is 1010. The van der Waals surface area contributed by atoms with Crippen LogP contribution >= 0.6 is 11.8 Å². The first kappa shape index (κ1) is 21.9. The molecular weight excluding hydrogens is 396 g/mol. The maximum atomic E-state index is 12.3. The zero-order chi connectivity index (χ0) is 21.7. The highest BCUT2D eigenvalue weighted by atomic mass is 32.2. The second-order valence-corrected chi connectivity index (χ2v) is 8.24. The molecule has 7 heteroatoms. The van der Waals surface area contributed by atoms with Crippen LogP contribution in [0.1, 0.15) is 42.5 Å². The van der Waals surface area contributed by atoms with Crippen LogP contribution in [0.4, 0.5) is 5.69 Å². The van der Waals surface area contributed by atoms with Crippen molar-refractivity contribution >= 4 is 23.4 Å². The van der Waals surface area contributed by atoms with Crippen molar-refractivity contribution in [3.05, 3.63) is 65.0 Å². The number of carbonyl (C=O) groups excluding carboxylic acids is 1. The normalized spacial score (nSPS) is 11.9. The first-order chi connectivity index (χ1) is 14.4. The molecule has 0 spiro atoms. The van der Waals surface area contributed by atoms with Gasteiger partial charge in [0.2, 0.25) is 5.91 Å². The Labute approximate surface area is 182 Å². The van der Waals surface area contributed by atoms with Gasteiger partial charge in [0, 0.05) is 12.7 Å². The monoisotopic (exact) mass is 424 g/mol. The second-order valence-electron chi connectivity index (χ2n) is 7.29. The van der Waals surface area contributed by atoms with Crippen LogP contribution in [0, 0.1) is 13.8 Å². The highest BCUT2D eigenvalue weighted by molar-refractivity contribution is 7.99. The van der Waals surface area contributed by atoms with Crippen LogP contribution in [0.25, 0.3) is 0 Å². The number of aromatic nitrogens is 3. The summed E-state index contributed by atoms with van der Waals surface area (Å²) >= 11 is 1.35. The predicted octanol–water partition coefficient (Wildman–Crippen LogP) is 4.87. The number of rotatable bonds is 8. The van der Waals surface area contributed by atoms with E-state index in [2.05, 4.69) is 36.3 Å². The van der Waals surface area contributed by atoms with Gasteiger partial charge in [-0.25, -0.2) is 0 Å². The number of aryl methyl sites for hydroxylation is 3. The standard InChI is InChI=1S/C23H28N4O2S/c1-6-18-8-10-19(11-9-18)24-21(28)14-30-23-26-25-22(27(23)5)17(4)29-20-12-7-15(2)16(3)13-20/h7-13,17H,6,14H2,1-5H3,(H,24,28). The molecule has 1 heterocycles. The zero-order valence-corrected chi connectivity index (χ0v) is 18.9. The number of benzene rings is 2. The number of thioether (sulfide) groups is 1. The minimum absolute atomic E-state index is 0.0757. The molecule has 0 aliphatic rings. The van der Waals surface area contributed by atoms with Crippen molar-refractivity contribution in [3.8, 4) is 5.75 Å². The second kappa shape index (κ2) is 9.80. The number of ether oxygens (including phenoxy) is 1. The molecule has 0 aliphatic heterocycles. The van der Waals surface area contributed by atoms with Gasteiger partial charge >= 0.3 is 0 Å². The van der Waals surface area contributed by atoms with Crippen LogP contribution in [0.15, 0.2) is 47.6 Å². The molecule has 0 saturated carbocycles. The van der Waals surface area contributed by atoms with E-state index in [1.165, 1.54) is 28.5 Å². The zero-order valence-electron chi connectivity index (χ0n) is 18.1. The SMILES string of the molecule is CCc1ccc(NC(=O)CSc2nnc(C(C)Oc3ccc(C)c(C)c3)n2C)cc1. The van der Waals surface area contributed by atoms with Crippen LogP contribution in [-0.4, -0.2) is 26.4 Å². The molecule has 0 aliphatic carbocycles. The van der Waals surface area contributed by atoms with Crippen molar-refractivity contribution in [2.45, 2.75) is 45.4 Å². The highest BCUT2D eigenvalue weighted by Crippen LogP contribution is 2.25. The minimum Gasteiger partial charge on any atom is -0.483 e. The molecule has 0 fully saturated rings. The molecule has 30 heavy (non-hydrogen) atoms. The van der Waals surface area contributed by atoms with Crippen molar-refractivity contribution in [1.29, 1.82) is 0 Å². The van der Waals surface area contributed by atoms with Gasteiger partial charge in [-0.1, -0.05) is 36.9 Å². The van der Waals surface area contributed by atoms with Gasteiger partial charge < -0.3 is 14.6 Å². The van der Waals surface area contributed by atoms with E-state index in [1.807, 2.05) is 61.0 Å². The first-order valence-electron chi connectivity index (χ1n) is 10.0. The first-order valence-corrected chi connectivity index (χ1v) is 11.0. The van der Waals surface area contributed by atoms with E-state index in [9.17, 15) is 4.79 Å². The Kier molecular flexibility index (Phi) is 7.15. The van der Waals surface area contributed by atoms with Crippen LogP contribution in [0.2, 0.25) is 0 Å². The number of amides is 1. The molecule has 3 rings (SSSR count). The topological polar surface area (TPSA) is 69.0 Å². The van der Waals surface area contributed by atoms with Gasteiger partial charge in [-0.2, -0.15) is 0 Å². The van der Waals surface area contributed by atoms with E-state index in [1.54, 1.807) is 0 Å². The number of nitrogens with one attached hydrogen (secondary N) is 1. The number of nitrogens with zero attached hydrogens (tertiary/aromatic N) is 3. The summed E-state index contributed by atoms with van der Waals surface area (Å²) in [6.07, 6.45) is 0.717. The van der Waals surface area contributed by atoms with Crippen molar-refractivity contribution in [2.24, 2.45) is 7.05 Å². The molecular formula is C23H28N4O2S. The van der Waals surface area contributed by atoms with Crippen LogP contribution in [-0.2, 0) is 18.3 Å². The summed E-state index contributed by atoms with van der Waals surface area (Å²) in [6, 6.07) is 13.9. The molecule has 158 valence electrons. The predicted molar refractivity (Wildman–Crippen MR) is 121 cm³/mol. The van der Waals surface area contributed by atoms with Gasteiger partial charge in [0.25, 0.3) is 0 Å². The van der Waals surface area contributed by atoms with Crippen molar-refractivity contribution in [1.82, 2.24) is 14.8 Å². The lowest BCUT2D eigenvalue weighted by Crippen LogP contribution is -2.15. The summed E-state index contributed by atoms with van der Waals surface area (Å²) in [5, 5.41) is 12.1. The minimum atomic E-state index is -0.259. The summed E-state index contributed by atoms with van der Waals surface area (Å²) in [5.41, 5.74) is 4.45. The van der Waals surface area contributed by atoms with Crippen LogP contribution in [0.3, 0.4) is 0 Å². The number of anilines is 1. The lowest BCUT2D eigenvalue weighted by atomic mass is 10.1. The maximum absolute atomic E-state index is 12.3. The molecule has 1 N–H and O–H groups in total. The highest BCUT2D eigenvalue weighted by Gasteiger charge is 2.18. The van der Waals surface area contributed by atoms with E-state index in [4.69, 9.17) is 4.74 Å². The van der Waals surface area contributed by atoms with Crippen molar-refractivity contribution in [3.63, 3.8) is 0 Å². The van der Waals surface area contributed by atoms with Gasteiger partial charge in [-0.15, -0.1) is 10.2 Å². The lowest BCUT2D eigenvalue weighted by Gasteiger charge is -2.15. The third kappa shape index (κ3) is 5.42. The molecule has 2 aromatic carbocycles. The third-order valence-corrected chi connectivity index (χ3v) is 6.02. The van der Waals surface area contributed by atoms with Gasteiger partial charge in [0.05, 0.1) is 5.75 Å². The molecule has 1 aromatic heterocycles. The summed E-state index contributed by atoms with van der Waals surface area (Å²) in [7, 11) is 1.89. The van der Waals surface area contributed by atoms with Gasteiger partial charge in [-0.05, 0) is 68.1 Å². The molecule has 6 nitrogen and oxygen atoms in total. The molecule has 0 radical (unpaired) electrons. The molecule has 0 saturated heterocycles. The summed E-state index contributed by atoms with van der Waals surface area (Å²) in [4.78, 5) is 12.3. The Balaban J connectivity index is 1.57. The Morgan fingerprint density at radius 2 is 1.87 bits per heavy atom. The number of hydrogen-bond donors (Lipinski definition) is 1. The fourth-order valence-electron chi connectivity index (χ4n) is 3.00. The fourth-order valence-corrected chi connectivity index (χ4v) is 3.72. The van der Waals surface area contributed by atoms with E-state index in [0.717, 1.165) is 17.9 Å². The molecule has 3 aromatic rings. The van der Waals surface area contributed by atoms with Gasteiger partial charge in [0.15, 0.2) is 17.1 Å². The van der Waals surface area contributed by atoms with E-state index in [-0.39, 0.29) is 17.8 Å². The van der Waals surface area contributed by atoms with E-state index >= 15 is 0 Å². The summed E-state index contributed by atoms with van der Waals surface area (Å²) in [6.45, 7) is 8.19. The maximum Gasteiger partial charge on any atom is 0.234 e. The quantitative estimate of drug-likeness (QED) is 0.523. The summed E-state index contributed by atoms with van der Waals surface area (Å²) in [5.74, 6) is 1.70. The number of hydrogen-bond acceptors (Lipinski definition) is 5. The van der Waals surface area contributed by atoms with Crippen LogP contribution in [0.5, 0.6) is 5.75 Å². The average molecular weight is 425 g/mol. The summed E-state index contributed by atoms with van der Waals surface area (Å²) < 4.78 is 7.92. The average Bonchev–Trinajstić information content (AvgIpc) is 3.10. The van der Waals surface area contributed by atoms with Gasteiger partial charge in [0.1, 0.15) is 5.75 Å². The van der Waals surface area contributed by atoms with E-state index < -0.39 is 0 Å².